The largest absolute Gasteiger partial charge is 0.497 e. The van der Waals surface area contributed by atoms with Gasteiger partial charge in [0.05, 0.1) is 7.11 Å². The molecule has 3 aromatic rings. The van der Waals surface area contributed by atoms with E-state index in [9.17, 15) is 4.57 Å². The van der Waals surface area contributed by atoms with Gasteiger partial charge in [-0.05, 0) is 42.5 Å². The van der Waals surface area contributed by atoms with Gasteiger partial charge in [-0.15, -0.1) is 0 Å². The average molecular weight is 331 g/mol. The van der Waals surface area contributed by atoms with E-state index < -0.39 is 7.37 Å². The van der Waals surface area contributed by atoms with Crippen LogP contribution in [0, 0.1) is 0 Å². The molecule has 2 aromatic carbocycles. The van der Waals surface area contributed by atoms with Crippen molar-refractivity contribution in [1.29, 1.82) is 0 Å². The SMILES string of the molecule is CCP(=O)(OC)c1ccc2oc(-c3ccc(OC)cc3)nc2c1. The third kappa shape index (κ3) is 2.90. The lowest BCUT2D eigenvalue weighted by atomic mass is 10.2. The fraction of sp³-hybridized carbons (Fsp3) is 0.235. The van der Waals surface area contributed by atoms with Gasteiger partial charge in [0.1, 0.15) is 11.3 Å². The van der Waals surface area contributed by atoms with Crippen LogP contribution in [-0.4, -0.2) is 25.4 Å². The molecule has 0 N–H and O–H groups in total. The summed E-state index contributed by atoms with van der Waals surface area (Å²) in [7, 11) is 0.286. The van der Waals surface area contributed by atoms with E-state index in [0.29, 0.717) is 28.5 Å². The number of rotatable bonds is 5. The lowest BCUT2D eigenvalue weighted by molar-refractivity contribution is 0.404. The van der Waals surface area contributed by atoms with E-state index >= 15 is 0 Å². The zero-order valence-electron chi connectivity index (χ0n) is 13.3. The van der Waals surface area contributed by atoms with Crippen molar-refractivity contribution >= 4 is 23.8 Å². The summed E-state index contributed by atoms with van der Waals surface area (Å²) in [5.74, 6) is 1.29. The third-order valence-electron chi connectivity index (χ3n) is 3.81. The normalized spacial score (nSPS) is 13.9. The summed E-state index contributed by atoms with van der Waals surface area (Å²) in [5, 5.41) is 0.657. The minimum Gasteiger partial charge on any atom is -0.497 e. The van der Waals surface area contributed by atoms with Gasteiger partial charge in [-0.3, -0.25) is 4.57 Å². The van der Waals surface area contributed by atoms with Crippen LogP contribution in [0.3, 0.4) is 0 Å². The van der Waals surface area contributed by atoms with Crippen molar-refractivity contribution in [3.8, 4) is 17.2 Å². The number of nitrogens with zero attached hydrogens (tertiary/aromatic N) is 1. The van der Waals surface area contributed by atoms with Gasteiger partial charge >= 0.3 is 0 Å². The van der Waals surface area contributed by atoms with Crippen LogP contribution in [0.1, 0.15) is 6.92 Å². The van der Waals surface area contributed by atoms with Gasteiger partial charge in [0.2, 0.25) is 13.3 Å². The Kier molecular flexibility index (Phi) is 4.24. The van der Waals surface area contributed by atoms with Crippen LogP contribution in [0.15, 0.2) is 46.9 Å². The monoisotopic (exact) mass is 331 g/mol. The Morgan fingerprint density at radius 3 is 2.48 bits per heavy atom. The number of oxazole rings is 1. The first-order valence-corrected chi connectivity index (χ1v) is 9.11. The van der Waals surface area contributed by atoms with E-state index in [0.717, 1.165) is 11.3 Å². The Hall–Kier alpha value is -2.10. The Morgan fingerprint density at radius 2 is 1.87 bits per heavy atom. The number of hydrogen-bond donors (Lipinski definition) is 0. The molecule has 1 aromatic heterocycles. The standard InChI is InChI=1S/C17H18NO4P/c1-4-23(19,21-3)14-9-10-16-15(11-14)18-17(22-16)12-5-7-13(20-2)8-6-12/h5-11H,4H2,1-3H3. The van der Waals surface area contributed by atoms with Crippen LogP contribution in [0.2, 0.25) is 0 Å². The Balaban J connectivity index is 2.03. The maximum atomic E-state index is 12.6. The molecule has 0 fully saturated rings. The smallest absolute Gasteiger partial charge is 0.231 e. The third-order valence-corrected chi connectivity index (χ3v) is 6.30. The van der Waals surface area contributed by atoms with Gasteiger partial charge in [-0.2, -0.15) is 0 Å². The molecule has 0 aliphatic rings. The zero-order valence-corrected chi connectivity index (χ0v) is 14.2. The van der Waals surface area contributed by atoms with Crippen molar-refractivity contribution in [2.75, 3.05) is 20.4 Å². The van der Waals surface area contributed by atoms with Crippen LogP contribution < -0.4 is 10.0 Å². The van der Waals surface area contributed by atoms with Gasteiger partial charge in [0.15, 0.2) is 5.58 Å². The molecule has 0 radical (unpaired) electrons. The highest BCUT2D eigenvalue weighted by Crippen LogP contribution is 2.44. The second-order valence-electron chi connectivity index (χ2n) is 5.07. The summed E-state index contributed by atoms with van der Waals surface area (Å²) in [6, 6.07) is 12.8. The maximum Gasteiger partial charge on any atom is 0.231 e. The molecule has 6 heteroatoms. The molecule has 1 heterocycles. The highest BCUT2D eigenvalue weighted by Gasteiger charge is 2.23. The quantitative estimate of drug-likeness (QED) is 0.660. The van der Waals surface area contributed by atoms with Crippen molar-refractivity contribution in [2.45, 2.75) is 6.92 Å². The Bertz CT molecular complexity index is 862. The minimum atomic E-state index is -2.81. The molecule has 3 rings (SSSR count). The molecule has 0 saturated heterocycles. The van der Waals surface area contributed by atoms with Crippen molar-refractivity contribution in [3.05, 3.63) is 42.5 Å². The molecule has 0 spiro atoms. The van der Waals surface area contributed by atoms with Crippen LogP contribution in [0.5, 0.6) is 5.75 Å². The average Bonchev–Trinajstić information content (AvgIpc) is 3.04. The van der Waals surface area contributed by atoms with Crippen molar-refractivity contribution in [1.82, 2.24) is 4.98 Å². The number of fused-ring (bicyclic) bond motifs is 1. The number of hydrogen-bond acceptors (Lipinski definition) is 5. The van der Waals surface area contributed by atoms with Crippen LogP contribution in [0.4, 0.5) is 0 Å². The topological polar surface area (TPSA) is 61.6 Å². The zero-order chi connectivity index (χ0) is 16.4. The molecular formula is C17H18NO4P. The lowest BCUT2D eigenvalue weighted by Crippen LogP contribution is -2.07. The van der Waals surface area contributed by atoms with Gasteiger partial charge in [0, 0.05) is 24.1 Å². The summed E-state index contributed by atoms with van der Waals surface area (Å²) < 4.78 is 28.8. The van der Waals surface area contributed by atoms with E-state index in [1.54, 1.807) is 25.3 Å². The van der Waals surface area contributed by atoms with E-state index in [4.69, 9.17) is 13.7 Å². The molecule has 5 nitrogen and oxygen atoms in total. The molecule has 1 atom stereocenters. The number of aromatic nitrogens is 1. The fourth-order valence-electron chi connectivity index (χ4n) is 2.40. The predicted molar refractivity (Wildman–Crippen MR) is 90.8 cm³/mol. The van der Waals surface area contributed by atoms with Crippen molar-refractivity contribution in [3.63, 3.8) is 0 Å². The molecule has 0 aliphatic heterocycles. The van der Waals surface area contributed by atoms with Gasteiger partial charge < -0.3 is 13.7 Å². The first-order valence-electron chi connectivity index (χ1n) is 7.30. The minimum absolute atomic E-state index is 0.443. The van der Waals surface area contributed by atoms with E-state index in [-0.39, 0.29) is 0 Å². The number of benzene rings is 2. The van der Waals surface area contributed by atoms with Crippen LogP contribution in [-0.2, 0) is 9.09 Å². The van der Waals surface area contributed by atoms with E-state index in [1.807, 2.05) is 31.2 Å². The second kappa shape index (κ2) is 6.19. The van der Waals surface area contributed by atoms with Crippen LogP contribution in [0.25, 0.3) is 22.6 Å². The Labute approximate surface area is 134 Å². The summed E-state index contributed by atoms with van der Waals surface area (Å²) in [6.07, 6.45) is 0.443. The summed E-state index contributed by atoms with van der Waals surface area (Å²) in [6.45, 7) is 1.85. The van der Waals surface area contributed by atoms with Gasteiger partial charge in [-0.1, -0.05) is 6.92 Å². The summed E-state index contributed by atoms with van der Waals surface area (Å²) >= 11 is 0. The molecule has 0 bridgehead atoms. The van der Waals surface area contributed by atoms with Gasteiger partial charge in [0.25, 0.3) is 0 Å². The molecule has 0 amide bonds. The van der Waals surface area contributed by atoms with Crippen LogP contribution >= 0.6 is 7.37 Å². The predicted octanol–water partition coefficient (Wildman–Crippen LogP) is 4.07. The molecule has 120 valence electrons. The van der Waals surface area contributed by atoms with Crippen molar-refractivity contribution < 1.29 is 18.2 Å². The highest BCUT2D eigenvalue weighted by molar-refractivity contribution is 7.66. The number of ether oxygens (including phenoxy) is 1. The summed E-state index contributed by atoms with van der Waals surface area (Å²) in [4.78, 5) is 4.50. The van der Waals surface area contributed by atoms with Gasteiger partial charge in [-0.25, -0.2) is 4.98 Å². The Morgan fingerprint density at radius 1 is 1.13 bits per heavy atom. The second-order valence-corrected chi connectivity index (χ2v) is 7.93. The first kappa shape index (κ1) is 15.8. The highest BCUT2D eigenvalue weighted by atomic mass is 31.2. The molecule has 23 heavy (non-hydrogen) atoms. The molecule has 0 aliphatic carbocycles. The summed E-state index contributed by atoms with van der Waals surface area (Å²) in [5.41, 5.74) is 2.17. The molecule has 1 unspecified atom stereocenters. The molecular weight excluding hydrogens is 313 g/mol. The lowest BCUT2D eigenvalue weighted by Gasteiger charge is -2.13. The number of methoxy groups -OCH3 is 1. The molecule has 0 saturated carbocycles. The maximum absolute atomic E-state index is 12.6. The van der Waals surface area contributed by atoms with Crippen molar-refractivity contribution in [2.24, 2.45) is 0 Å². The van der Waals surface area contributed by atoms with E-state index in [2.05, 4.69) is 4.98 Å². The first-order chi connectivity index (χ1) is 11.1. The fourth-order valence-corrected chi connectivity index (χ4v) is 3.86. The van der Waals surface area contributed by atoms with E-state index in [1.165, 1.54) is 7.11 Å².